The molecule has 4 aliphatic rings. The number of carbonyl (C=O) groups is 1. The summed E-state index contributed by atoms with van der Waals surface area (Å²) in [5.41, 5.74) is 0.518. The summed E-state index contributed by atoms with van der Waals surface area (Å²) >= 11 is 0. The summed E-state index contributed by atoms with van der Waals surface area (Å²) in [6.07, 6.45) is 8.27. The van der Waals surface area contributed by atoms with Crippen molar-refractivity contribution in [3.8, 4) is 0 Å². The van der Waals surface area contributed by atoms with Crippen LogP contribution in [-0.2, 0) is 4.79 Å². The number of allylic oxidation sites excluding steroid dienone is 1. The fourth-order valence-corrected chi connectivity index (χ4v) is 3.61. The first-order valence-corrected chi connectivity index (χ1v) is 6.70. The van der Waals surface area contributed by atoms with Crippen LogP contribution in [0.25, 0.3) is 0 Å². The molecule has 2 heterocycles. The van der Waals surface area contributed by atoms with E-state index < -0.39 is 0 Å². The minimum absolute atomic E-state index is 0.0954. The summed E-state index contributed by atoms with van der Waals surface area (Å²) in [6, 6.07) is 0.979. The summed E-state index contributed by atoms with van der Waals surface area (Å²) in [4.78, 5) is 18.1. The Morgan fingerprint density at radius 2 is 1.88 bits per heavy atom. The highest BCUT2D eigenvalue weighted by atomic mass is 16.2. The summed E-state index contributed by atoms with van der Waals surface area (Å²) in [5.74, 6) is 1.97. The normalized spacial score (nSPS) is 36.4. The monoisotopic (exact) mass is 232 g/mol. The number of rotatable bonds is 3. The van der Waals surface area contributed by atoms with Crippen molar-refractivity contribution in [3.63, 3.8) is 0 Å². The average Bonchev–Trinajstić information content (AvgIpc) is 3.14. The molecule has 0 aromatic carbocycles. The van der Waals surface area contributed by atoms with Crippen LogP contribution in [-0.4, -0.2) is 29.6 Å². The van der Waals surface area contributed by atoms with Crippen LogP contribution >= 0.6 is 0 Å². The van der Waals surface area contributed by atoms with Gasteiger partial charge in [0.25, 0.3) is 5.91 Å². The lowest BCUT2D eigenvalue weighted by Gasteiger charge is -2.55. The molecule has 2 unspecified atom stereocenters. The number of amides is 1. The van der Waals surface area contributed by atoms with Gasteiger partial charge in [-0.2, -0.15) is 0 Å². The Morgan fingerprint density at radius 3 is 2.35 bits per heavy atom. The Balaban J connectivity index is 1.67. The Bertz CT molecular complexity index is 372. The molecule has 2 aliphatic heterocycles. The van der Waals surface area contributed by atoms with E-state index in [-0.39, 0.29) is 5.91 Å². The topological polar surface area (TPSA) is 32.7 Å². The summed E-state index contributed by atoms with van der Waals surface area (Å²) in [5, 5.41) is 0. The van der Waals surface area contributed by atoms with Crippen LogP contribution in [0.4, 0.5) is 0 Å². The summed E-state index contributed by atoms with van der Waals surface area (Å²) in [6.45, 7) is 5.33. The van der Waals surface area contributed by atoms with Crippen molar-refractivity contribution < 1.29 is 4.79 Å². The van der Waals surface area contributed by atoms with Crippen molar-refractivity contribution in [3.05, 3.63) is 11.8 Å². The predicted octanol–water partition coefficient (Wildman–Crippen LogP) is 2.38. The molecule has 2 saturated carbocycles. The van der Waals surface area contributed by atoms with Gasteiger partial charge in [0.1, 0.15) is 5.70 Å². The van der Waals surface area contributed by atoms with Gasteiger partial charge in [0.05, 0.1) is 0 Å². The number of aliphatic imine (C=N–C) groups is 1. The Morgan fingerprint density at radius 1 is 1.24 bits per heavy atom. The predicted molar refractivity (Wildman–Crippen MR) is 67.8 cm³/mol. The number of hydrogen-bond acceptors (Lipinski definition) is 2. The van der Waals surface area contributed by atoms with Crippen LogP contribution in [0.5, 0.6) is 0 Å². The second-order valence-corrected chi connectivity index (χ2v) is 5.66. The van der Waals surface area contributed by atoms with Crippen LogP contribution in [0.3, 0.4) is 0 Å². The van der Waals surface area contributed by atoms with E-state index in [1.54, 1.807) is 6.08 Å². The number of hydrogen-bond donors (Lipinski definition) is 0. The first-order valence-electron chi connectivity index (χ1n) is 6.70. The molecule has 92 valence electrons. The maximum Gasteiger partial charge on any atom is 0.272 e. The van der Waals surface area contributed by atoms with Gasteiger partial charge < -0.3 is 4.90 Å². The van der Waals surface area contributed by atoms with E-state index in [0.29, 0.717) is 17.8 Å². The van der Waals surface area contributed by atoms with Crippen LogP contribution < -0.4 is 0 Å². The number of nitrogens with zero attached hydrogens (tertiary/aromatic N) is 2. The van der Waals surface area contributed by atoms with Gasteiger partial charge in [-0.3, -0.25) is 9.79 Å². The third-order valence-electron chi connectivity index (χ3n) is 4.67. The molecular weight excluding hydrogens is 212 g/mol. The Hall–Kier alpha value is -1.12. The van der Waals surface area contributed by atoms with Crippen LogP contribution in [0.1, 0.15) is 39.0 Å². The lowest BCUT2D eigenvalue weighted by molar-refractivity contribution is -0.148. The lowest BCUT2D eigenvalue weighted by atomic mass is 9.71. The molecule has 4 rings (SSSR count). The van der Waals surface area contributed by atoms with Gasteiger partial charge in [-0.1, -0.05) is 6.08 Å². The van der Waals surface area contributed by atoms with Crippen molar-refractivity contribution in [1.82, 2.24) is 4.90 Å². The van der Waals surface area contributed by atoms with Gasteiger partial charge in [0.15, 0.2) is 0 Å². The highest BCUT2D eigenvalue weighted by Gasteiger charge is 2.50. The minimum atomic E-state index is 0.0954. The molecular formula is C14H20N2O. The van der Waals surface area contributed by atoms with E-state index >= 15 is 0 Å². The maximum absolute atomic E-state index is 12.2. The van der Waals surface area contributed by atoms with Crippen molar-refractivity contribution in [2.45, 2.75) is 51.1 Å². The molecule has 17 heavy (non-hydrogen) atoms. The lowest BCUT2D eigenvalue weighted by Crippen LogP contribution is -2.63. The van der Waals surface area contributed by atoms with Crippen molar-refractivity contribution in [1.29, 1.82) is 0 Å². The molecule has 0 spiro atoms. The Kier molecular flexibility index (Phi) is 2.57. The smallest absolute Gasteiger partial charge is 0.272 e. The molecule has 3 nitrogen and oxygen atoms in total. The van der Waals surface area contributed by atoms with E-state index in [2.05, 4.69) is 16.6 Å². The minimum Gasteiger partial charge on any atom is -0.331 e. The zero-order chi connectivity index (χ0) is 12.0. The molecule has 0 aromatic heterocycles. The maximum atomic E-state index is 12.2. The summed E-state index contributed by atoms with van der Waals surface area (Å²) < 4.78 is 0. The van der Waals surface area contributed by atoms with Crippen LogP contribution in [0, 0.1) is 11.8 Å². The second-order valence-electron chi connectivity index (χ2n) is 5.66. The molecule has 3 heteroatoms. The summed E-state index contributed by atoms with van der Waals surface area (Å²) in [7, 11) is 0. The quantitative estimate of drug-likeness (QED) is 0.543. The molecule has 2 aliphatic carbocycles. The third-order valence-corrected chi connectivity index (χ3v) is 4.67. The number of fused-ring (bicyclic) bond motifs is 2. The average molecular weight is 232 g/mol. The van der Waals surface area contributed by atoms with Gasteiger partial charge in [-0.05, 0) is 57.6 Å². The zero-order valence-corrected chi connectivity index (χ0v) is 10.4. The first kappa shape index (κ1) is 11.0. The van der Waals surface area contributed by atoms with E-state index in [1.807, 2.05) is 6.92 Å². The van der Waals surface area contributed by atoms with E-state index in [0.717, 1.165) is 11.8 Å². The van der Waals surface area contributed by atoms with Gasteiger partial charge in [0.2, 0.25) is 0 Å². The van der Waals surface area contributed by atoms with E-state index in [1.165, 1.54) is 32.1 Å². The molecule has 0 aromatic rings. The number of carbonyl (C=O) groups excluding carboxylic acids is 1. The molecule has 1 amide bonds. The fourth-order valence-electron chi connectivity index (χ4n) is 3.61. The molecule has 2 bridgehead atoms. The highest BCUT2D eigenvalue weighted by Crippen LogP contribution is 2.50. The molecule has 0 N–H and O–H groups in total. The largest absolute Gasteiger partial charge is 0.331 e. The molecule has 2 saturated heterocycles. The fraction of sp³-hybridized carbons (Fsp3) is 0.714. The van der Waals surface area contributed by atoms with Gasteiger partial charge in [-0.15, -0.1) is 0 Å². The standard InChI is InChI=1S/C14H20N2O/c1-3-13(15-2)14(17)16-11-6-10(9-4-5-9)7-12(16)8-11/h3,9-12H,2,4-8H2,1H3/b13-3-. The SMILES string of the molecule is C=N/C(=C\C)C(=O)N1C2CC(C3CC3)CC1C2. The molecule has 2 atom stereocenters. The van der Waals surface area contributed by atoms with Crippen LogP contribution in [0.2, 0.25) is 0 Å². The highest BCUT2D eigenvalue weighted by molar-refractivity contribution is 5.94. The molecule has 0 radical (unpaired) electrons. The second kappa shape index (κ2) is 3.97. The Labute approximate surface area is 103 Å². The van der Waals surface area contributed by atoms with E-state index in [4.69, 9.17) is 0 Å². The van der Waals surface area contributed by atoms with Gasteiger partial charge in [0, 0.05) is 12.1 Å². The van der Waals surface area contributed by atoms with Crippen molar-refractivity contribution >= 4 is 12.6 Å². The van der Waals surface area contributed by atoms with E-state index in [9.17, 15) is 4.79 Å². The van der Waals surface area contributed by atoms with Crippen molar-refractivity contribution in [2.75, 3.05) is 0 Å². The number of piperidine rings is 1. The molecule has 4 fully saturated rings. The van der Waals surface area contributed by atoms with Crippen molar-refractivity contribution in [2.24, 2.45) is 16.8 Å². The van der Waals surface area contributed by atoms with Gasteiger partial charge >= 0.3 is 0 Å². The van der Waals surface area contributed by atoms with Gasteiger partial charge in [-0.25, -0.2) is 0 Å². The zero-order valence-electron chi connectivity index (χ0n) is 10.4. The first-order chi connectivity index (χ1) is 8.24. The third kappa shape index (κ3) is 1.72. The van der Waals surface area contributed by atoms with Crippen LogP contribution in [0.15, 0.2) is 16.8 Å².